The van der Waals surface area contributed by atoms with Gasteiger partial charge in [-0.2, -0.15) is 0 Å². The lowest BCUT2D eigenvalue weighted by Crippen LogP contribution is -2.46. The molecular weight excluding hydrogens is 244 g/mol. The van der Waals surface area contributed by atoms with E-state index in [1.807, 2.05) is 13.8 Å². The van der Waals surface area contributed by atoms with E-state index < -0.39 is 19.9 Å². The Labute approximate surface area is 108 Å². The van der Waals surface area contributed by atoms with Crippen LogP contribution in [-0.2, 0) is 0 Å². The van der Waals surface area contributed by atoms with Crippen molar-refractivity contribution in [3.63, 3.8) is 0 Å². The molecule has 0 radical (unpaired) electrons. The van der Waals surface area contributed by atoms with E-state index in [4.69, 9.17) is 11.5 Å². The van der Waals surface area contributed by atoms with Crippen molar-refractivity contribution in [1.29, 1.82) is 0 Å². The molecule has 1 rings (SSSR count). The molecule has 4 N–H and O–H groups in total. The fourth-order valence-electron chi connectivity index (χ4n) is 2.30. The van der Waals surface area contributed by atoms with Gasteiger partial charge in [0.25, 0.3) is 0 Å². The number of amides is 2. The number of carbonyl (C=O) groups excluding carboxylic acids is 2. The number of carbonyl (C=O) groups is 2. The molecule has 0 aliphatic heterocycles. The highest BCUT2D eigenvalue weighted by Gasteiger charge is 2.29. The van der Waals surface area contributed by atoms with Crippen LogP contribution in [0.3, 0.4) is 0 Å². The average Bonchev–Trinajstić information content (AvgIpc) is 2.18. The Kier molecular flexibility index (Phi) is 3.66. The summed E-state index contributed by atoms with van der Waals surface area (Å²) in [6, 6.07) is 1.65. The third-order valence-corrected chi connectivity index (χ3v) is 5.23. The van der Waals surface area contributed by atoms with E-state index in [1.54, 1.807) is 6.07 Å². The number of hydrogen-bond acceptors (Lipinski definition) is 2. The first-order chi connectivity index (χ1) is 8.07. The van der Waals surface area contributed by atoms with Gasteiger partial charge in [0.1, 0.15) is 0 Å². The molecule has 4 nitrogen and oxygen atoms in total. The van der Waals surface area contributed by atoms with Gasteiger partial charge in [-0.15, -0.1) is 0 Å². The highest BCUT2D eigenvalue weighted by atomic mass is 28.3. The number of nitrogens with two attached hydrogens (primary N) is 2. The molecule has 0 aliphatic carbocycles. The van der Waals surface area contributed by atoms with Crippen LogP contribution in [0, 0.1) is 13.8 Å². The molecule has 0 aromatic heterocycles. The van der Waals surface area contributed by atoms with Crippen LogP contribution in [-0.4, -0.2) is 19.9 Å². The van der Waals surface area contributed by atoms with Crippen molar-refractivity contribution < 1.29 is 9.59 Å². The van der Waals surface area contributed by atoms with E-state index in [0.717, 1.165) is 16.3 Å². The summed E-state index contributed by atoms with van der Waals surface area (Å²) in [6.07, 6.45) is 0. The third kappa shape index (κ3) is 2.45. The molecule has 0 bridgehead atoms. The summed E-state index contributed by atoms with van der Waals surface area (Å²) in [5, 5.41) is 0.934. The lowest BCUT2D eigenvalue weighted by molar-refractivity contribution is 0.0968. The molecule has 1 aromatic rings. The average molecular weight is 264 g/mol. The molecule has 0 unspecified atom stereocenters. The molecule has 0 saturated carbocycles. The smallest absolute Gasteiger partial charge is 0.249 e. The normalized spacial score (nSPS) is 11.4. The zero-order valence-electron chi connectivity index (χ0n) is 11.5. The SMILES string of the molecule is Cc1cc(C(N)=O)c(C(N)=O)c([Si](C)(C)C)c1C. The van der Waals surface area contributed by atoms with Crippen molar-refractivity contribution in [2.75, 3.05) is 0 Å². The van der Waals surface area contributed by atoms with Crippen LogP contribution in [0.5, 0.6) is 0 Å². The minimum Gasteiger partial charge on any atom is -0.366 e. The Balaban J connectivity index is 3.87. The van der Waals surface area contributed by atoms with E-state index in [0.29, 0.717) is 5.56 Å². The Hall–Kier alpha value is -1.62. The van der Waals surface area contributed by atoms with Gasteiger partial charge >= 0.3 is 0 Å². The largest absolute Gasteiger partial charge is 0.366 e. The number of rotatable bonds is 3. The van der Waals surface area contributed by atoms with Gasteiger partial charge in [-0.1, -0.05) is 19.6 Å². The Morgan fingerprint density at radius 3 is 1.89 bits per heavy atom. The summed E-state index contributed by atoms with van der Waals surface area (Å²) >= 11 is 0. The van der Waals surface area contributed by atoms with Crippen LogP contribution in [0.4, 0.5) is 0 Å². The van der Waals surface area contributed by atoms with Gasteiger partial charge in [-0.05, 0) is 36.2 Å². The van der Waals surface area contributed by atoms with Gasteiger partial charge in [0.2, 0.25) is 11.8 Å². The Bertz CT molecular complexity index is 531. The van der Waals surface area contributed by atoms with Crippen molar-refractivity contribution in [2.45, 2.75) is 33.5 Å². The van der Waals surface area contributed by atoms with Crippen LogP contribution < -0.4 is 16.7 Å². The first-order valence-electron chi connectivity index (χ1n) is 5.81. The standard InChI is InChI=1S/C13H20N2O2Si/c1-7-6-9(12(14)16)10(13(15)17)11(8(7)2)18(3,4)5/h6H,1-5H3,(H2,14,16)(H2,15,17). The first kappa shape index (κ1) is 14.4. The number of primary amides is 2. The third-order valence-electron chi connectivity index (χ3n) is 3.11. The molecule has 0 saturated heterocycles. The summed E-state index contributed by atoms with van der Waals surface area (Å²) in [5.74, 6) is -1.18. The molecule has 18 heavy (non-hydrogen) atoms. The highest BCUT2D eigenvalue weighted by molar-refractivity contribution is 6.90. The quantitative estimate of drug-likeness (QED) is 0.799. The Morgan fingerprint density at radius 1 is 1.06 bits per heavy atom. The molecule has 0 aliphatic rings. The molecule has 0 fully saturated rings. The van der Waals surface area contributed by atoms with Crippen LogP contribution >= 0.6 is 0 Å². The lowest BCUT2D eigenvalue weighted by atomic mass is 9.98. The van der Waals surface area contributed by atoms with Crippen molar-refractivity contribution in [3.8, 4) is 0 Å². The predicted octanol–water partition coefficient (Wildman–Crippen LogP) is 1.05. The van der Waals surface area contributed by atoms with E-state index in [2.05, 4.69) is 19.6 Å². The fraction of sp³-hybridized carbons (Fsp3) is 0.385. The molecule has 1 aromatic carbocycles. The summed E-state index contributed by atoms with van der Waals surface area (Å²) in [7, 11) is -1.80. The van der Waals surface area contributed by atoms with Crippen molar-refractivity contribution in [2.24, 2.45) is 11.5 Å². The molecule has 0 atom stereocenters. The second-order valence-electron chi connectivity index (χ2n) is 5.59. The first-order valence-corrected chi connectivity index (χ1v) is 9.31. The molecule has 2 amide bonds. The zero-order valence-corrected chi connectivity index (χ0v) is 12.5. The van der Waals surface area contributed by atoms with Gasteiger partial charge in [0.05, 0.1) is 19.2 Å². The second kappa shape index (κ2) is 4.57. The van der Waals surface area contributed by atoms with E-state index >= 15 is 0 Å². The van der Waals surface area contributed by atoms with Crippen LogP contribution in [0.1, 0.15) is 31.8 Å². The van der Waals surface area contributed by atoms with E-state index in [-0.39, 0.29) is 5.56 Å². The monoisotopic (exact) mass is 264 g/mol. The number of benzene rings is 1. The maximum Gasteiger partial charge on any atom is 0.249 e. The predicted molar refractivity (Wildman–Crippen MR) is 75.9 cm³/mol. The molecule has 98 valence electrons. The van der Waals surface area contributed by atoms with Crippen molar-refractivity contribution in [3.05, 3.63) is 28.3 Å². The summed E-state index contributed by atoms with van der Waals surface area (Å²) < 4.78 is 0. The van der Waals surface area contributed by atoms with Crippen LogP contribution in [0.15, 0.2) is 6.07 Å². The van der Waals surface area contributed by atoms with Crippen LogP contribution in [0.25, 0.3) is 0 Å². The van der Waals surface area contributed by atoms with E-state index in [1.165, 1.54) is 0 Å². The topological polar surface area (TPSA) is 86.2 Å². The molecular formula is C13H20N2O2Si. The summed E-state index contributed by atoms with van der Waals surface area (Å²) in [6.45, 7) is 10.2. The molecule has 0 heterocycles. The second-order valence-corrected chi connectivity index (χ2v) is 10.6. The molecule has 0 spiro atoms. The van der Waals surface area contributed by atoms with Gasteiger partial charge < -0.3 is 11.5 Å². The van der Waals surface area contributed by atoms with E-state index in [9.17, 15) is 9.59 Å². The maximum atomic E-state index is 11.7. The minimum absolute atomic E-state index is 0.239. The van der Waals surface area contributed by atoms with Crippen molar-refractivity contribution in [1.82, 2.24) is 0 Å². The lowest BCUT2D eigenvalue weighted by Gasteiger charge is -2.25. The molecule has 5 heteroatoms. The van der Waals surface area contributed by atoms with Gasteiger partial charge in [-0.25, -0.2) is 0 Å². The van der Waals surface area contributed by atoms with Crippen LogP contribution in [0.2, 0.25) is 19.6 Å². The minimum atomic E-state index is -1.80. The fourth-order valence-corrected chi connectivity index (χ4v) is 4.63. The Morgan fingerprint density at radius 2 is 1.56 bits per heavy atom. The van der Waals surface area contributed by atoms with Gasteiger partial charge in [0, 0.05) is 0 Å². The van der Waals surface area contributed by atoms with Crippen molar-refractivity contribution >= 4 is 25.1 Å². The number of aryl methyl sites for hydroxylation is 1. The summed E-state index contributed by atoms with van der Waals surface area (Å²) in [4.78, 5) is 23.2. The maximum absolute atomic E-state index is 11.7. The van der Waals surface area contributed by atoms with Gasteiger partial charge in [-0.3, -0.25) is 9.59 Å². The van der Waals surface area contributed by atoms with Gasteiger partial charge in [0.15, 0.2) is 0 Å². The highest BCUT2D eigenvalue weighted by Crippen LogP contribution is 2.18. The number of hydrogen-bond donors (Lipinski definition) is 2. The summed E-state index contributed by atoms with van der Waals surface area (Å²) in [5.41, 5.74) is 13.3. The zero-order chi connectivity index (χ0) is 14.2.